The summed E-state index contributed by atoms with van der Waals surface area (Å²) in [6.07, 6.45) is 0.281. The molecule has 1 fully saturated rings. The van der Waals surface area contributed by atoms with Crippen LogP contribution in [0.3, 0.4) is 0 Å². The lowest BCUT2D eigenvalue weighted by Crippen LogP contribution is -2.52. The highest BCUT2D eigenvalue weighted by atomic mass is 35.5. The third-order valence-electron chi connectivity index (χ3n) is 5.36. The molecule has 2 aromatic rings. The molecule has 3 rings (SSSR count). The van der Waals surface area contributed by atoms with Gasteiger partial charge in [0.2, 0.25) is 11.8 Å². The number of halogens is 2. The summed E-state index contributed by atoms with van der Waals surface area (Å²) in [5.41, 5.74) is 8.08. The Labute approximate surface area is 183 Å². The van der Waals surface area contributed by atoms with Crippen LogP contribution in [0.5, 0.6) is 0 Å². The van der Waals surface area contributed by atoms with Crippen molar-refractivity contribution in [2.24, 2.45) is 11.7 Å². The van der Waals surface area contributed by atoms with Crippen LogP contribution in [-0.2, 0) is 16.0 Å². The Balaban J connectivity index is 0.00000300. The van der Waals surface area contributed by atoms with E-state index in [4.69, 9.17) is 17.3 Å². The third kappa shape index (κ3) is 5.72. The first kappa shape index (κ1) is 23.2. The van der Waals surface area contributed by atoms with Gasteiger partial charge in [-0.15, -0.1) is 12.4 Å². The monoisotopic (exact) mass is 435 g/mol. The molecule has 1 aliphatic heterocycles. The Morgan fingerprint density at radius 3 is 2.14 bits per heavy atom. The number of hydrogen-bond acceptors (Lipinski definition) is 3. The van der Waals surface area contributed by atoms with Crippen LogP contribution in [0.2, 0.25) is 5.02 Å². The first-order chi connectivity index (χ1) is 13.5. The molecule has 2 N–H and O–H groups in total. The Kier molecular flexibility index (Phi) is 8.50. The molecule has 0 radical (unpaired) electrons. The van der Waals surface area contributed by atoms with Crippen molar-refractivity contribution in [3.05, 3.63) is 70.7 Å². The molecule has 5 nitrogen and oxygen atoms in total. The zero-order chi connectivity index (χ0) is 20.1. The smallest absolute Gasteiger partial charge is 0.227 e. The Morgan fingerprint density at radius 2 is 1.52 bits per heavy atom. The maximum Gasteiger partial charge on any atom is 0.227 e. The molecule has 156 valence electrons. The predicted octanol–water partition coefficient (Wildman–Crippen LogP) is 3.31. The van der Waals surface area contributed by atoms with Gasteiger partial charge in [0.05, 0.1) is 12.3 Å². The number of hydrogen-bond donors (Lipinski definition) is 1. The summed E-state index contributed by atoms with van der Waals surface area (Å²) in [6, 6.07) is 16.7. The number of nitrogens with two attached hydrogens (primary N) is 1. The summed E-state index contributed by atoms with van der Waals surface area (Å²) in [5.74, 6) is -0.239. The highest BCUT2D eigenvalue weighted by Gasteiger charge is 2.30. The number of amides is 2. The molecule has 1 heterocycles. The number of carbonyl (C=O) groups is 2. The van der Waals surface area contributed by atoms with Crippen LogP contribution >= 0.6 is 24.0 Å². The lowest BCUT2D eigenvalue weighted by Gasteiger charge is -2.37. The van der Waals surface area contributed by atoms with Crippen molar-refractivity contribution in [2.45, 2.75) is 19.4 Å². The minimum atomic E-state index is -0.339. The van der Waals surface area contributed by atoms with Crippen LogP contribution in [0.15, 0.2) is 54.6 Å². The van der Waals surface area contributed by atoms with Crippen LogP contribution < -0.4 is 5.73 Å². The molecule has 2 atom stereocenters. The van der Waals surface area contributed by atoms with Gasteiger partial charge in [0.15, 0.2) is 0 Å². The van der Waals surface area contributed by atoms with E-state index in [1.54, 1.807) is 11.0 Å². The molecule has 1 saturated heterocycles. The van der Waals surface area contributed by atoms with Gasteiger partial charge in [0.1, 0.15) is 0 Å². The number of rotatable bonds is 5. The van der Waals surface area contributed by atoms with E-state index in [0.717, 1.165) is 11.1 Å². The molecular weight excluding hydrogens is 409 g/mol. The number of benzene rings is 2. The third-order valence-corrected chi connectivity index (χ3v) is 5.72. The van der Waals surface area contributed by atoms with Crippen molar-refractivity contribution in [1.82, 2.24) is 9.80 Å². The van der Waals surface area contributed by atoms with Crippen molar-refractivity contribution in [3.8, 4) is 0 Å². The summed E-state index contributed by atoms with van der Waals surface area (Å²) < 4.78 is 0. The van der Waals surface area contributed by atoms with E-state index in [1.807, 2.05) is 60.4 Å². The second-order valence-electron chi connectivity index (χ2n) is 7.20. The number of piperazine rings is 1. The van der Waals surface area contributed by atoms with Crippen molar-refractivity contribution >= 4 is 35.8 Å². The number of carbonyl (C=O) groups excluding carboxylic acids is 2. The second-order valence-corrected chi connectivity index (χ2v) is 7.61. The molecule has 29 heavy (non-hydrogen) atoms. The zero-order valence-corrected chi connectivity index (χ0v) is 18.0. The van der Waals surface area contributed by atoms with E-state index in [2.05, 4.69) is 0 Å². The van der Waals surface area contributed by atoms with Crippen LogP contribution in [-0.4, -0.2) is 47.8 Å². The minimum absolute atomic E-state index is 0. The molecule has 0 aliphatic carbocycles. The largest absolute Gasteiger partial charge is 0.339 e. The standard InChI is InChI=1S/C22H26ClN3O2.ClH/c1-16(21(24)17-7-3-2-4-8-17)22(28)26-13-11-25(12-14-26)20(27)15-18-9-5-6-10-19(18)23;/h2-10,16,21H,11-15,24H2,1H3;1H. The average Bonchev–Trinajstić information content (AvgIpc) is 2.74. The van der Waals surface area contributed by atoms with E-state index in [0.29, 0.717) is 31.2 Å². The SMILES string of the molecule is CC(C(=O)N1CCN(C(=O)Cc2ccccc2Cl)CC1)C(N)c1ccccc1.Cl. The highest BCUT2D eigenvalue weighted by Crippen LogP contribution is 2.22. The fourth-order valence-electron chi connectivity index (χ4n) is 3.50. The molecule has 0 aromatic heterocycles. The normalized spacial score (nSPS) is 16.0. The molecule has 2 unspecified atom stereocenters. The quantitative estimate of drug-likeness (QED) is 0.782. The summed E-state index contributed by atoms with van der Waals surface area (Å²) in [5, 5.41) is 0.605. The molecule has 0 bridgehead atoms. The van der Waals surface area contributed by atoms with Gasteiger partial charge in [-0.3, -0.25) is 9.59 Å². The summed E-state index contributed by atoms with van der Waals surface area (Å²) in [4.78, 5) is 29.0. The highest BCUT2D eigenvalue weighted by molar-refractivity contribution is 6.31. The van der Waals surface area contributed by atoms with E-state index >= 15 is 0 Å². The fraction of sp³-hybridized carbons (Fsp3) is 0.364. The van der Waals surface area contributed by atoms with Crippen molar-refractivity contribution in [1.29, 1.82) is 0 Å². The maximum atomic E-state index is 12.9. The Hall–Kier alpha value is -2.08. The van der Waals surface area contributed by atoms with Gasteiger partial charge in [-0.05, 0) is 17.2 Å². The van der Waals surface area contributed by atoms with Crippen LogP contribution in [0.1, 0.15) is 24.1 Å². The van der Waals surface area contributed by atoms with Gasteiger partial charge in [0.25, 0.3) is 0 Å². The van der Waals surface area contributed by atoms with Gasteiger partial charge in [-0.2, -0.15) is 0 Å². The molecule has 1 aliphatic rings. The lowest BCUT2D eigenvalue weighted by atomic mass is 9.94. The topological polar surface area (TPSA) is 66.6 Å². The minimum Gasteiger partial charge on any atom is -0.339 e. The first-order valence-electron chi connectivity index (χ1n) is 9.58. The predicted molar refractivity (Wildman–Crippen MR) is 118 cm³/mol. The second kappa shape index (κ2) is 10.6. The summed E-state index contributed by atoms with van der Waals surface area (Å²) >= 11 is 6.15. The molecule has 0 spiro atoms. The molecule has 7 heteroatoms. The number of nitrogens with zero attached hydrogens (tertiary/aromatic N) is 2. The van der Waals surface area contributed by atoms with Crippen LogP contribution in [0.4, 0.5) is 0 Å². The molecule has 2 aromatic carbocycles. The van der Waals surface area contributed by atoms with Crippen LogP contribution in [0, 0.1) is 5.92 Å². The van der Waals surface area contributed by atoms with Gasteiger partial charge in [-0.25, -0.2) is 0 Å². The van der Waals surface area contributed by atoms with E-state index in [1.165, 1.54) is 0 Å². The maximum absolute atomic E-state index is 12.9. The first-order valence-corrected chi connectivity index (χ1v) is 9.95. The molecule has 0 saturated carbocycles. The van der Waals surface area contributed by atoms with Gasteiger partial charge in [0, 0.05) is 37.2 Å². The average molecular weight is 436 g/mol. The van der Waals surface area contributed by atoms with Crippen molar-refractivity contribution in [2.75, 3.05) is 26.2 Å². The van der Waals surface area contributed by atoms with Crippen molar-refractivity contribution < 1.29 is 9.59 Å². The van der Waals surface area contributed by atoms with Gasteiger partial charge < -0.3 is 15.5 Å². The lowest BCUT2D eigenvalue weighted by molar-refractivity contribution is -0.142. The fourth-order valence-corrected chi connectivity index (χ4v) is 3.70. The Bertz CT molecular complexity index is 824. The van der Waals surface area contributed by atoms with E-state index in [-0.39, 0.29) is 42.6 Å². The Morgan fingerprint density at radius 1 is 0.966 bits per heavy atom. The summed E-state index contributed by atoms with van der Waals surface area (Å²) in [6.45, 7) is 3.98. The molecule has 2 amide bonds. The van der Waals surface area contributed by atoms with Crippen LogP contribution in [0.25, 0.3) is 0 Å². The van der Waals surface area contributed by atoms with Gasteiger partial charge >= 0.3 is 0 Å². The zero-order valence-electron chi connectivity index (χ0n) is 16.5. The van der Waals surface area contributed by atoms with Gasteiger partial charge in [-0.1, -0.05) is 67.1 Å². The van der Waals surface area contributed by atoms with Crippen molar-refractivity contribution in [3.63, 3.8) is 0 Å². The summed E-state index contributed by atoms with van der Waals surface area (Å²) in [7, 11) is 0. The van der Waals surface area contributed by atoms with E-state index < -0.39 is 0 Å². The van der Waals surface area contributed by atoms with E-state index in [9.17, 15) is 9.59 Å². The molecular formula is C22H27Cl2N3O2.